The number of sulfonamides is 1. The van der Waals surface area contributed by atoms with Crippen LogP contribution >= 0.6 is 11.8 Å². The highest BCUT2D eigenvalue weighted by atomic mass is 32.2. The summed E-state index contributed by atoms with van der Waals surface area (Å²) in [5.41, 5.74) is -0.212. The molecule has 8 heteroatoms. The summed E-state index contributed by atoms with van der Waals surface area (Å²) in [7, 11) is -3.68. The third-order valence-electron chi connectivity index (χ3n) is 3.05. The van der Waals surface area contributed by atoms with E-state index in [2.05, 4.69) is 10.0 Å². The Bertz CT molecular complexity index is 876. The first-order valence-corrected chi connectivity index (χ1v) is 10.3. The molecule has 0 aliphatic carbocycles. The third-order valence-corrected chi connectivity index (χ3v) is 5.82. The Morgan fingerprint density at radius 1 is 1.12 bits per heavy atom. The summed E-state index contributed by atoms with van der Waals surface area (Å²) in [5.74, 6) is -0.485. The van der Waals surface area contributed by atoms with Crippen molar-refractivity contribution in [2.45, 2.75) is 36.1 Å². The highest BCUT2D eigenvalue weighted by Gasteiger charge is 2.22. The van der Waals surface area contributed by atoms with Gasteiger partial charge in [-0.1, -0.05) is 6.07 Å². The lowest BCUT2D eigenvalue weighted by atomic mass is 10.1. The molecule has 2 rings (SSSR count). The van der Waals surface area contributed by atoms with Crippen LogP contribution in [-0.4, -0.2) is 25.6 Å². The van der Waals surface area contributed by atoms with Crippen LogP contribution < -0.4 is 10.0 Å². The average molecular weight is 397 g/mol. The molecule has 0 atom stereocenters. The SMILES string of the molecule is CC(C)(C)NS(=O)(=O)c1cccc(NC(=O)CSc2ccc(F)cc2)c1. The number of halogens is 1. The third kappa shape index (κ3) is 6.44. The van der Waals surface area contributed by atoms with Gasteiger partial charge in [0.15, 0.2) is 0 Å². The minimum absolute atomic E-state index is 0.0800. The van der Waals surface area contributed by atoms with Gasteiger partial charge in [-0.3, -0.25) is 4.79 Å². The number of hydrogen-bond acceptors (Lipinski definition) is 4. The van der Waals surface area contributed by atoms with Crippen LogP contribution in [0.4, 0.5) is 10.1 Å². The smallest absolute Gasteiger partial charge is 0.241 e. The first kappa shape index (κ1) is 20.4. The van der Waals surface area contributed by atoms with Gasteiger partial charge in [-0.15, -0.1) is 11.8 Å². The number of thioether (sulfide) groups is 1. The monoisotopic (exact) mass is 396 g/mol. The van der Waals surface area contributed by atoms with Gasteiger partial charge in [0.1, 0.15) is 5.82 Å². The van der Waals surface area contributed by atoms with Crippen molar-refractivity contribution >= 4 is 33.4 Å². The fourth-order valence-electron chi connectivity index (χ4n) is 2.08. The maximum absolute atomic E-state index is 12.9. The summed E-state index contributed by atoms with van der Waals surface area (Å²) in [5, 5.41) is 2.67. The van der Waals surface area contributed by atoms with E-state index >= 15 is 0 Å². The normalized spacial score (nSPS) is 12.0. The first-order chi connectivity index (χ1) is 12.0. The summed E-state index contributed by atoms with van der Waals surface area (Å²) in [6.45, 7) is 5.26. The summed E-state index contributed by atoms with van der Waals surface area (Å²) in [4.78, 5) is 12.9. The zero-order chi connectivity index (χ0) is 19.4. The maximum atomic E-state index is 12.9. The predicted octanol–water partition coefficient (Wildman–Crippen LogP) is 3.63. The second-order valence-electron chi connectivity index (χ2n) is 6.67. The van der Waals surface area contributed by atoms with Gasteiger partial charge in [-0.05, 0) is 63.2 Å². The number of amides is 1. The molecule has 5 nitrogen and oxygen atoms in total. The zero-order valence-corrected chi connectivity index (χ0v) is 16.4. The standard InChI is InChI=1S/C18H21FN2O3S2/c1-18(2,3)21-26(23,24)16-6-4-5-14(11-16)20-17(22)12-25-15-9-7-13(19)8-10-15/h4-11,21H,12H2,1-3H3,(H,20,22). The van der Waals surface area contributed by atoms with E-state index in [0.29, 0.717) is 5.69 Å². The molecule has 0 aliphatic rings. The largest absolute Gasteiger partial charge is 0.325 e. The Labute approximate surface area is 157 Å². The predicted molar refractivity (Wildman–Crippen MR) is 102 cm³/mol. The van der Waals surface area contributed by atoms with Gasteiger partial charge in [0.2, 0.25) is 15.9 Å². The first-order valence-electron chi connectivity index (χ1n) is 7.87. The molecule has 2 aromatic carbocycles. The van der Waals surface area contributed by atoms with Gasteiger partial charge < -0.3 is 5.32 Å². The van der Waals surface area contributed by atoms with Crippen LogP contribution in [-0.2, 0) is 14.8 Å². The molecule has 0 heterocycles. The van der Waals surface area contributed by atoms with E-state index in [4.69, 9.17) is 0 Å². The summed E-state index contributed by atoms with van der Waals surface area (Å²) >= 11 is 1.26. The molecule has 0 fully saturated rings. The molecular weight excluding hydrogens is 375 g/mol. The average Bonchev–Trinajstić information content (AvgIpc) is 2.52. The quantitative estimate of drug-likeness (QED) is 0.731. The molecule has 2 N–H and O–H groups in total. The van der Waals surface area contributed by atoms with Crippen LogP contribution in [0, 0.1) is 5.82 Å². The molecule has 1 amide bonds. The molecule has 0 aromatic heterocycles. The van der Waals surface area contributed by atoms with Crippen LogP contribution in [0.1, 0.15) is 20.8 Å². The van der Waals surface area contributed by atoms with Crippen molar-refractivity contribution in [3.8, 4) is 0 Å². The van der Waals surface area contributed by atoms with Crippen molar-refractivity contribution < 1.29 is 17.6 Å². The molecule has 140 valence electrons. The van der Waals surface area contributed by atoms with Crippen molar-refractivity contribution in [2.75, 3.05) is 11.1 Å². The van der Waals surface area contributed by atoms with Crippen molar-refractivity contribution in [2.24, 2.45) is 0 Å². The van der Waals surface area contributed by atoms with E-state index in [0.717, 1.165) is 4.90 Å². The Morgan fingerprint density at radius 3 is 2.38 bits per heavy atom. The molecule has 26 heavy (non-hydrogen) atoms. The minimum atomic E-state index is -3.68. The van der Waals surface area contributed by atoms with Gasteiger partial charge in [-0.25, -0.2) is 17.5 Å². The van der Waals surface area contributed by atoms with Gasteiger partial charge in [-0.2, -0.15) is 0 Å². The Kier molecular flexibility index (Phi) is 6.44. The van der Waals surface area contributed by atoms with E-state index in [1.807, 2.05) is 0 Å². The summed E-state index contributed by atoms with van der Waals surface area (Å²) in [6, 6.07) is 11.9. The van der Waals surface area contributed by atoms with E-state index < -0.39 is 15.6 Å². The second kappa shape index (κ2) is 8.20. The number of benzene rings is 2. The van der Waals surface area contributed by atoms with E-state index in [1.54, 1.807) is 45.0 Å². The molecule has 0 aliphatic heterocycles. The van der Waals surface area contributed by atoms with Crippen LogP contribution in [0.5, 0.6) is 0 Å². The molecule has 0 radical (unpaired) electrons. The Balaban J connectivity index is 2.01. The van der Waals surface area contributed by atoms with E-state index in [-0.39, 0.29) is 22.4 Å². The van der Waals surface area contributed by atoms with E-state index in [9.17, 15) is 17.6 Å². The second-order valence-corrected chi connectivity index (χ2v) is 9.41. The molecule has 0 bridgehead atoms. The molecule has 0 spiro atoms. The lowest BCUT2D eigenvalue weighted by Crippen LogP contribution is -2.40. The summed E-state index contributed by atoms with van der Waals surface area (Å²) < 4.78 is 40.2. The van der Waals surface area contributed by atoms with Crippen LogP contribution in [0.15, 0.2) is 58.3 Å². The molecular formula is C18H21FN2O3S2. The fraction of sp³-hybridized carbons (Fsp3) is 0.278. The maximum Gasteiger partial charge on any atom is 0.241 e. The summed E-state index contributed by atoms with van der Waals surface area (Å²) in [6.07, 6.45) is 0. The zero-order valence-electron chi connectivity index (χ0n) is 14.7. The molecule has 0 saturated carbocycles. The van der Waals surface area contributed by atoms with Crippen LogP contribution in [0.2, 0.25) is 0 Å². The number of hydrogen-bond donors (Lipinski definition) is 2. The van der Waals surface area contributed by atoms with Crippen molar-refractivity contribution in [3.05, 3.63) is 54.3 Å². The molecule has 2 aromatic rings. The number of nitrogens with one attached hydrogen (secondary N) is 2. The fourth-order valence-corrected chi connectivity index (χ4v) is 4.24. The minimum Gasteiger partial charge on any atom is -0.325 e. The van der Waals surface area contributed by atoms with Crippen molar-refractivity contribution in [1.82, 2.24) is 4.72 Å². The van der Waals surface area contributed by atoms with Crippen molar-refractivity contribution in [1.29, 1.82) is 0 Å². The number of anilines is 1. The Morgan fingerprint density at radius 2 is 1.77 bits per heavy atom. The lowest BCUT2D eigenvalue weighted by molar-refractivity contribution is -0.113. The highest BCUT2D eigenvalue weighted by molar-refractivity contribution is 8.00. The number of carbonyl (C=O) groups is 1. The van der Waals surface area contributed by atoms with Crippen molar-refractivity contribution in [3.63, 3.8) is 0 Å². The van der Waals surface area contributed by atoms with Gasteiger partial charge >= 0.3 is 0 Å². The molecule has 0 unspecified atom stereocenters. The van der Waals surface area contributed by atoms with Crippen LogP contribution in [0.3, 0.4) is 0 Å². The highest BCUT2D eigenvalue weighted by Crippen LogP contribution is 2.20. The van der Waals surface area contributed by atoms with Gasteiger partial charge in [0.25, 0.3) is 0 Å². The van der Waals surface area contributed by atoms with E-state index in [1.165, 1.54) is 36.0 Å². The number of rotatable bonds is 6. The van der Waals surface area contributed by atoms with Crippen LogP contribution in [0.25, 0.3) is 0 Å². The van der Waals surface area contributed by atoms with Gasteiger partial charge in [0, 0.05) is 16.1 Å². The lowest BCUT2D eigenvalue weighted by Gasteiger charge is -2.20. The number of carbonyl (C=O) groups excluding carboxylic acids is 1. The Hall–Kier alpha value is -1.90. The topological polar surface area (TPSA) is 75.3 Å². The van der Waals surface area contributed by atoms with Gasteiger partial charge in [0.05, 0.1) is 10.6 Å². The molecule has 0 saturated heterocycles.